The minimum absolute atomic E-state index is 0.0140. The molecule has 3 aromatic heterocycles. The van der Waals surface area contributed by atoms with E-state index in [-0.39, 0.29) is 5.91 Å². The first kappa shape index (κ1) is 19.1. The van der Waals surface area contributed by atoms with Crippen LogP contribution >= 0.6 is 0 Å². The first-order valence-corrected chi connectivity index (χ1v) is 10.2. The molecule has 0 saturated carbocycles. The number of aryl methyl sites for hydroxylation is 1. The Morgan fingerprint density at radius 1 is 0.839 bits per heavy atom. The van der Waals surface area contributed by atoms with Gasteiger partial charge in [-0.15, -0.1) is 0 Å². The Morgan fingerprint density at radius 2 is 1.58 bits per heavy atom. The molecule has 1 amide bonds. The van der Waals surface area contributed by atoms with Gasteiger partial charge in [0.25, 0.3) is 5.91 Å². The Bertz CT molecular complexity index is 1260. The molecule has 0 aliphatic carbocycles. The SMILES string of the molecule is Cc1ncn(-c2cc(N3CCN(C(=O)c4ccc5nccnc5c4)CC3)ncn2)c1C. The van der Waals surface area contributed by atoms with Crippen LogP contribution in [0.3, 0.4) is 0 Å². The normalized spacial score (nSPS) is 14.3. The van der Waals surface area contributed by atoms with Crippen molar-refractivity contribution in [2.45, 2.75) is 13.8 Å². The van der Waals surface area contributed by atoms with Crippen LogP contribution in [0.1, 0.15) is 21.7 Å². The van der Waals surface area contributed by atoms with Crippen molar-refractivity contribution in [3.05, 3.63) is 66.3 Å². The van der Waals surface area contributed by atoms with E-state index in [4.69, 9.17) is 0 Å². The number of hydrogen-bond acceptors (Lipinski definition) is 7. The van der Waals surface area contributed by atoms with Gasteiger partial charge in [-0.1, -0.05) is 0 Å². The van der Waals surface area contributed by atoms with Crippen molar-refractivity contribution in [2.24, 2.45) is 0 Å². The molecule has 156 valence electrons. The first-order chi connectivity index (χ1) is 15.1. The van der Waals surface area contributed by atoms with E-state index in [1.165, 1.54) is 0 Å². The Labute approximate surface area is 179 Å². The van der Waals surface area contributed by atoms with Crippen LogP contribution in [0.5, 0.6) is 0 Å². The molecule has 9 nitrogen and oxygen atoms in total. The maximum Gasteiger partial charge on any atom is 0.254 e. The molecule has 1 aliphatic heterocycles. The highest BCUT2D eigenvalue weighted by Crippen LogP contribution is 2.19. The van der Waals surface area contributed by atoms with Crippen LogP contribution in [0.25, 0.3) is 16.9 Å². The lowest BCUT2D eigenvalue weighted by Crippen LogP contribution is -2.49. The third-order valence-electron chi connectivity index (χ3n) is 5.74. The largest absolute Gasteiger partial charge is 0.353 e. The number of amides is 1. The summed E-state index contributed by atoms with van der Waals surface area (Å²) in [6.07, 6.45) is 6.64. The number of aromatic nitrogens is 6. The number of rotatable bonds is 3. The quantitative estimate of drug-likeness (QED) is 0.507. The van der Waals surface area contributed by atoms with Crippen LogP contribution in [0.15, 0.2) is 49.3 Å². The van der Waals surface area contributed by atoms with E-state index in [1.807, 2.05) is 47.6 Å². The molecule has 0 N–H and O–H groups in total. The average Bonchev–Trinajstić information content (AvgIpc) is 3.16. The van der Waals surface area contributed by atoms with Crippen LogP contribution in [0.2, 0.25) is 0 Å². The van der Waals surface area contributed by atoms with E-state index in [0.29, 0.717) is 31.7 Å². The van der Waals surface area contributed by atoms with E-state index in [1.54, 1.807) is 25.0 Å². The summed E-state index contributed by atoms with van der Waals surface area (Å²) >= 11 is 0. The van der Waals surface area contributed by atoms with Crippen molar-refractivity contribution in [3.63, 3.8) is 0 Å². The van der Waals surface area contributed by atoms with Crippen LogP contribution in [-0.2, 0) is 0 Å². The van der Waals surface area contributed by atoms with Gasteiger partial charge in [-0.2, -0.15) is 0 Å². The molecule has 0 atom stereocenters. The number of imidazole rings is 1. The van der Waals surface area contributed by atoms with Gasteiger partial charge in [-0.25, -0.2) is 15.0 Å². The van der Waals surface area contributed by atoms with Crippen molar-refractivity contribution in [3.8, 4) is 5.82 Å². The summed E-state index contributed by atoms with van der Waals surface area (Å²) in [5, 5.41) is 0. The number of carbonyl (C=O) groups is 1. The number of fused-ring (bicyclic) bond motifs is 1. The van der Waals surface area contributed by atoms with E-state index >= 15 is 0 Å². The fraction of sp³-hybridized carbons (Fsp3) is 0.273. The molecule has 0 spiro atoms. The summed E-state index contributed by atoms with van der Waals surface area (Å²) in [6.45, 7) is 6.66. The fourth-order valence-electron chi connectivity index (χ4n) is 3.79. The second-order valence-electron chi connectivity index (χ2n) is 7.56. The Hall–Kier alpha value is -3.88. The Kier molecular flexibility index (Phi) is 4.78. The summed E-state index contributed by atoms with van der Waals surface area (Å²) in [4.78, 5) is 38.8. The van der Waals surface area contributed by atoms with Crippen LogP contribution in [0.4, 0.5) is 5.82 Å². The molecule has 9 heteroatoms. The van der Waals surface area contributed by atoms with Crippen molar-refractivity contribution in [2.75, 3.05) is 31.1 Å². The average molecular weight is 414 g/mol. The molecule has 1 aliphatic rings. The molecule has 4 heterocycles. The van der Waals surface area contributed by atoms with E-state index in [2.05, 4.69) is 29.8 Å². The zero-order chi connectivity index (χ0) is 21.4. The van der Waals surface area contributed by atoms with Gasteiger partial charge in [0.1, 0.15) is 24.3 Å². The molecule has 1 saturated heterocycles. The molecular weight excluding hydrogens is 392 g/mol. The highest BCUT2D eigenvalue weighted by molar-refractivity contribution is 5.97. The summed E-state index contributed by atoms with van der Waals surface area (Å²) in [7, 11) is 0. The van der Waals surface area contributed by atoms with Gasteiger partial charge >= 0.3 is 0 Å². The summed E-state index contributed by atoms with van der Waals surface area (Å²) in [6, 6.07) is 7.43. The monoisotopic (exact) mass is 414 g/mol. The minimum Gasteiger partial charge on any atom is -0.353 e. The third kappa shape index (κ3) is 3.58. The van der Waals surface area contributed by atoms with Crippen molar-refractivity contribution in [1.82, 2.24) is 34.4 Å². The highest BCUT2D eigenvalue weighted by Gasteiger charge is 2.23. The Morgan fingerprint density at radius 3 is 2.32 bits per heavy atom. The number of anilines is 1. The summed E-state index contributed by atoms with van der Waals surface area (Å²) in [5.74, 6) is 1.66. The van der Waals surface area contributed by atoms with Gasteiger partial charge in [-0.05, 0) is 32.0 Å². The van der Waals surface area contributed by atoms with Gasteiger partial charge in [0, 0.05) is 55.9 Å². The lowest BCUT2D eigenvalue weighted by Gasteiger charge is -2.35. The predicted molar refractivity (Wildman–Crippen MR) is 116 cm³/mol. The predicted octanol–water partition coefficient (Wildman–Crippen LogP) is 2.18. The topological polar surface area (TPSA) is 92.9 Å². The van der Waals surface area contributed by atoms with Crippen LogP contribution in [-0.4, -0.2) is 66.5 Å². The van der Waals surface area contributed by atoms with Gasteiger partial charge < -0.3 is 9.80 Å². The number of piperazine rings is 1. The zero-order valence-electron chi connectivity index (χ0n) is 17.4. The molecule has 0 radical (unpaired) electrons. The fourth-order valence-corrected chi connectivity index (χ4v) is 3.79. The molecule has 1 fully saturated rings. The first-order valence-electron chi connectivity index (χ1n) is 10.2. The van der Waals surface area contributed by atoms with Gasteiger partial charge in [0.2, 0.25) is 0 Å². The van der Waals surface area contributed by atoms with E-state index in [9.17, 15) is 4.79 Å². The van der Waals surface area contributed by atoms with E-state index in [0.717, 1.165) is 34.1 Å². The lowest BCUT2D eigenvalue weighted by molar-refractivity contribution is 0.0746. The van der Waals surface area contributed by atoms with Gasteiger partial charge in [0.15, 0.2) is 0 Å². The Balaban J connectivity index is 1.29. The molecule has 1 aromatic carbocycles. The van der Waals surface area contributed by atoms with Gasteiger partial charge in [-0.3, -0.25) is 19.3 Å². The smallest absolute Gasteiger partial charge is 0.254 e. The number of nitrogens with zero attached hydrogens (tertiary/aromatic N) is 8. The standard InChI is InChI=1S/C22H22N8O/c1-15-16(2)30(14-27-15)21-12-20(25-13-26-21)28-7-9-29(10-8-28)22(31)17-3-4-18-19(11-17)24-6-5-23-18/h3-6,11-14H,7-10H2,1-2H3. The second-order valence-corrected chi connectivity index (χ2v) is 7.56. The van der Waals surface area contributed by atoms with Crippen molar-refractivity contribution >= 4 is 22.8 Å². The van der Waals surface area contributed by atoms with Gasteiger partial charge in [0.05, 0.1) is 16.7 Å². The molecule has 31 heavy (non-hydrogen) atoms. The molecular formula is C22H22N8O. The van der Waals surface area contributed by atoms with Crippen LogP contribution in [0, 0.1) is 13.8 Å². The number of hydrogen-bond donors (Lipinski definition) is 0. The van der Waals surface area contributed by atoms with Crippen molar-refractivity contribution < 1.29 is 4.79 Å². The maximum absolute atomic E-state index is 13.0. The summed E-state index contributed by atoms with van der Waals surface area (Å²) < 4.78 is 1.96. The second kappa shape index (κ2) is 7.75. The molecule has 0 unspecified atom stereocenters. The maximum atomic E-state index is 13.0. The summed E-state index contributed by atoms with van der Waals surface area (Å²) in [5.41, 5.74) is 4.18. The highest BCUT2D eigenvalue weighted by atomic mass is 16.2. The van der Waals surface area contributed by atoms with Crippen molar-refractivity contribution in [1.29, 1.82) is 0 Å². The third-order valence-corrected chi connectivity index (χ3v) is 5.74. The zero-order valence-corrected chi connectivity index (χ0v) is 17.4. The molecule has 5 rings (SSSR count). The number of carbonyl (C=O) groups excluding carboxylic acids is 1. The lowest BCUT2D eigenvalue weighted by atomic mass is 10.1. The molecule has 4 aromatic rings. The minimum atomic E-state index is 0.0140. The number of benzene rings is 1. The van der Waals surface area contributed by atoms with E-state index < -0.39 is 0 Å². The van der Waals surface area contributed by atoms with Crippen LogP contribution < -0.4 is 4.90 Å². The molecule has 0 bridgehead atoms.